The molecule has 0 bridgehead atoms. The lowest BCUT2D eigenvalue weighted by Gasteiger charge is -2.32. The van der Waals surface area contributed by atoms with E-state index in [2.05, 4.69) is 16.0 Å². The molecule has 3 aromatic carbocycles. The molecule has 0 saturated carbocycles. The fourth-order valence-corrected chi connectivity index (χ4v) is 10.3. The lowest BCUT2D eigenvalue weighted by Crippen LogP contribution is -2.35. The van der Waals surface area contributed by atoms with Gasteiger partial charge in [-0.3, -0.25) is 4.79 Å². The van der Waals surface area contributed by atoms with Crippen LogP contribution in [-0.2, 0) is 86.0 Å². The highest BCUT2D eigenvalue weighted by Gasteiger charge is 2.47. The molecule has 0 radical (unpaired) electrons. The third-order valence-corrected chi connectivity index (χ3v) is 13.7. The van der Waals surface area contributed by atoms with Crippen molar-refractivity contribution in [3.63, 3.8) is 0 Å². The van der Waals surface area contributed by atoms with Crippen molar-refractivity contribution in [3.05, 3.63) is 173 Å². The van der Waals surface area contributed by atoms with Crippen molar-refractivity contribution >= 4 is 41.8 Å². The van der Waals surface area contributed by atoms with Crippen LogP contribution in [0.3, 0.4) is 0 Å². The number of benzene rings is 3. The van der Waals surface area contributed by atoms with Crippen LogP contribution >= 0.6 is 0 Å². The van der Waals surface area contributed by atoms with Crippen molar-refractivity contribution in [1.29, 1.82) is 0 Å². The van der Waals surface area contributed by atoms with Crippen LogP contribution < -0.4 is 16.0 Å². The number of nitrogens with one attached hydrogen (secondary N) is 3. The van der Waals surface area contributed by atoms with Gasteiger partial charge in [-0.1, -0.05) is 36.4 Å². The molecule has 468 valence electrons. The minimum absolute atomic E-state index is 0.0129. The van der Waals surface area contributed by atoms with Crippen molar-refractivity contribution in [3.8, 4) is 0 Å². The normalized spacial score (nSPS) is 18.4. The molecule has 3 N–H and O–H groups in total. The van der Waals surface area contributed by atoms with E-state index < -0.39 is 138 Å². The summed E-state index contributed by atoms with van der Waals surface area (Å²) in [6, 6.07) is 10.0. The molecule has 5 aliphatic heterocycles. The quantitative estimate of drug-likeness (QED) is 0.0825. The van der Waals surface area contributed by atoms with Crippen LogP contribution in [0.15, 0.2) is 122 Å². The van der Waals surface area contributed by atoms with E-state index in [0.29, 0.717) is 22.8 Å². The van der Waals surface area contributed by atoms with Gasteiger partial charge >= 0.3 is 60.3 Å². The Morgan fingerprint density at radius 1 is 0.506 bits per heavy atom. The zero-order valence-corrected chi connectivity index (χ0v) is 47.1. The molecule has 0 fully saturated rings. The van der Waals surface area contributed by atoms with Gasteiger partial charge in [-0.05, 0) is 62.6 Å². The molecule has 1 unspecified atom stereocenters. The first kappa shape index (κ1) is 67.1. The first-order valence-electron chi connectivity index (χ1n) is 25.7. The first-order chi connectivity index (χ1) is 40.7. The Hall–Kier alpha value is -9.05. The summed E-state index contributed by atoms with van der Waals surface area (Å²) in [5, 5.41) is 8.48. The molecule has 87 heavy (non-hydrogen) atoms. The predicted molar refractivity (Wildman–Crippen MR) is 277 cm³/mol. The van der Waals surface area contributed by atoms with Crippen molar-refractivity contribution in [1.82, 2.24) is 16.0 Å². The number of halogens is 12. The van der Waals surface area contributed by atoms with Gasteiger partial charge in [0.2, 0.25) is 0 Å². The molecule has 0 spiro atoms. The fourth-order valence-electron chi connectivity index (χ4n) is 10.3. The molecule has 29 heteroatoms. The van der Waals surface area contributed by atoms with Crippen LogP contribution in [0.5, 0.6) is 0 Å². The van der Waals surface area contributed by atoms with Gasteiger partial charge in [0.1, 0.15) is 37.3 Å². The Morgan fingerprint density at radius 3 is 1.16 bits per heavy atom. The summed E-state index contributed by atoms with van der Waals surface area (Å²) >= 11 is 0. The van der Waals surface area contributed by atoms with E-state index >= 15 is 0 Å². The highest BCUT2D eigenvalue weighted by molar-refractivity contribution is 6.03. The number of esters is 7. The van der Waals surface area contributed by atoms with Crippen LogP contribution in [-0.4, -0.2) is 108 Å². The Balaban J connectivity index is 0.000000210. The molecule has 5 aliphatic rings. The zero-order chi connectivity index (χ0) is 64.8. The first-order valence-corrected chi connectivity index (χ1v) is 25.7. The summed E-state index contributed by atoms with van der Waals surface area (Å²) in [6.07, 6.45) is -18.8. The number of rotatable bonds is 13. The van der Waals surface area contributed by atoms with Crippen LogP contribution in [0.2, 0.25) is 0 Å². The molecule has 5 heterocycles. The minimum Gasteiger partial charge on any atom is -0.466 e. The van der Waals surface area contributed by atoms with E-state index in [-0.39, 0.29) is 81.3 Å². The summed E-state index contributed by atoms with van der Waals surface area (Å²) in [5.74, 6) is -13.1. The Kier molecular flexibility index (Phi) is 20.9. The Morgan fingerprint density at radius 2 is 0.839 bits per heavy atom. The van der Waals surface area contributed by atoms with E-state index in [1.807, 2.05) is 0 Å². The number of allylic oxidation sites excluding steroid dienone is 3. The number of methoxy groups -OCH3 is 3. The van der Waals surface area contributed by atoms with Crippen LogP contribution in [0.25, 0.3) is 0 Å². The van der Waals surface area contributed by atoms with Crippen molar-refractivity contribution in [2.45, 2.75) is 90.2 Å². The van der Waals surface area contributed by atoms with E-state index in [9.17, 15) is 86.2 Å². The van der Waals surface area contributed by atoms with Gasteiger partial charge in [-0.15, -0.1) is 0 Å². The maximum Gasteiger partial charge on any atom is 0.393 e. The Labute approximate surface area is 487 Å². The summed E-state index contributed by atoms with van der Waals surface area (Å²) in [6.45, 7) is 6.33. The summed E-state index contributed by atoms with van der Waals surface area (Å²) in [7, 11) is 3.28. The summed E-state index contributed by atoms with van der Waals surface area (Å²) < 4.78 is 195. The largest absolute Gasteiger partial charge is 0.466 e. The topological polar surface area (TPSA) is 220 Å². The average molecular weight is 1240 g/mol. The standard InChI is InChI=1S/C22H23F4NO6.2C18H15F4NO4/c1-5-32-21(30)19-16(10-33-12(3)28)27-11(2)17(20(29)31-4)18(19)13-7-6-8-15(23)14(13)9-22(24,25)26;2*1-8-13(16(24)26-2)14(15-12(23-8)7-27-17(15)25)9-4-3-5-11(19)10(9)6-18(20,21)22/h6-8,18,27H,5,9-10H2,1-4H3;2*3-5,14,23H,6-7H2,1-2H3/t;2*14-/m.10/s1. The van der Waals surface area contributed by atoms with Gasteiger partial charge in [-0.2, -0.15) is 39.5 Å². The van der Waals surface area contributed by atoms with E-state index in [1.54, 1.807) is 0 Å². The maximum atomic E-state index is 14.6. The zero-order valence-electron chi connectivity index (χ0n) is 47.1. The lowest BCUT2D eigenvalue weighted by molar-refractivity contribution is -0.142. The van der Waals surface area contributed by atoms with E-state index in [1.165, 1.54) is 64.1 Å². The summed E-state index contributed by atoms with van der Waals surface area (Å²) in [5.41, 5.74) is -1.80. The van der Waals surface area contributed by atoms with Crippen LogP contribution in [0.1, 0.15) is 85.8 Å². The molecule has 17 nitrogen and oxygen atoms in total. The number of carbonyl (C=O) groups excluding carboxylic acids is 7. The predicted octanol–water partition coefficient (Wildman–Crippen LogP) is 9.20. The van der Waals surface area contributed by atoms with E-state index in [0.717, 1.165) is 46.5 Å². The van der Waals surface area contributed by atoms with Gasteiger partial charge in [0, 0.05) is 40.7 Å². The third kappa shape index (κ3) is 15.3. The second-order valence-electron chi connectivity index (χ2n) is 19.4. The second kappa shape index (κ2) is 27.1. The number of hydrogen-bond donors (Lipinski definition) is 3. The molecule has 0 amide bonds. The summed E-state index contributed by atoms with van der Waals surface area (Å²) in [4.78, 5) is 86.0. The highest BCUT2D eigenvalue weighted by Crippen LogP contribution is 2.47. The second-order valence-corrected chi connectivity index (χ2v) is 19.4. The fraction of sp³-hybridized carbons (Fsp3) is 0.362. The monoisotopic (exact) mass is 1240 g/mol. The van der Waals surface area contributed by atoms with Gasteiger partial charge in [-0.25, -0.2) is 41.9 Å². The molecule has 0 aromatic heterocycles. The SMILES string of the molecule is CCOC(=O)C1=C(COC(C)=O)NC(C)=C(C(=O)OC)C1c1cccc(F)c1CC(F)(F)F.COC(=O)C1=C(C)NC2=C(C(=O)OC2)[C@@H]1c1cccc(F)c1CC(F)(F)F.COC(=O)C1=C(C)NC2=C(C(=O)OC2)[C@H]1c1cccc(F)c1CC(F)(F)F. The van der Waals surface area contributed by atoms with Crippen molar-refractivity contribution in [2.75, 3.05) is 47.8 Å². The minimum atomic E-state index is -4.78. The number of cyclic esters (lactones) is 2. The smallest absolute Gasteiger partial charge is 0.393 e. The van der Waals surface area contributed by atoms with Crippen LogP contribution in [0, 0.1) is 17.5 Å². The Bertz CT molecular complexity index is 3360. The maximum absolute atomic E-state index is 14.6. The number of dihydropyridines is 3. The van der Waals surface area contributed by atoms with Gasteiger partial charge in [0.15, 0.2) is 0 Å². The average Bonchev–Trinajstić information content (AvgIpc) is 3.54. The van der Waals surface area contributed by atoms with Gasteiger partial charge < -0.3 is 49.1 Å². The van der Waals surface area contributed by atoms with Crippen molar-refractivity contribution < 1.29 is 119 Å². The highest BCUT2D eigenvalue weighted by atomic mass is 19.4. The van der Waals surface area contributed by atoms with Crippen LogP contribution in [0.4, 0.5) is 52.7 Å². The molecule has 0 aliphatic carbocycles. The molecule has 0 saturated heterocycles. The molecular formula is C58H53F12N3O14. The number of ether oxygens (including phenoxy) is 7. The third-order valence-electron chi connectivity index (χ3n) is 13.7. The molecule has 3 aromatic rings. The number of alkyl halides is 9. The number of hydrogen-bond acceptors (Lipinski definition) is 17. The van der Waals surface area contributed by atoms with Crippen molar-refractivity contribution in [2.24, 2.45) is 0 Å². The molecular weight excluding hydrogens is 1190 g/mol. The molecule has 8 rings (SSSR count). The molecule has 3 atom stereocenters. The van der Waals surface area contributed by atoms with Gasteiger partial charge in [0.25, 0.3) is 0 Å². The lowest BCUT2D eigenvalue weighted by atomic mass is 9.78. The van der Waals surface area contributed by atoms with E-state index in [4.69, 9.17) is 33.2 Å². The number of carbonyl (C=O) groups is 7. The van der Waals surface area contributed by atoms with Gasteiger partial charge in [0.05, 0.1) is 115 Å².